The summed E-state index contributed by atoms with van der Waals surface area (Å²) in [5.41, 5.74) is 0.960. The van der Waals surface area contributed by atoms with E-state index >= 15 is 0 Å². The maximum atomic E-state index is 9.03. The number of hydrogen-bond donors (Lipinski definition) is 3. The smallest absolute Gasteiger partial charge is 0.492 e. The normalized spacial score (nSPS) is 10.5. The van der Waals surface area contributed by atoms with Crippen LogP contribution in [-0.4, -0.2) is 30.5 Å². The minimum absolute atomic E-state index is 0.282. The summed E-state index contributed by atoms with van der Waals surface area (Å²) in [6.45, 7) is 0. The van der Waals surface area contributed by atoms with E-state index in [9.17, 15) is 0 Å². The molecule has 0 heterocycles. The van der Waals surface area contributed by atoms with E-state index in [1.54, 1.807) is 18.2 Å². The topological polar surface area (TPSA) is 88.1 Å². The van der Waals surface area contributed by atoms with Gasteiger partial charge in [-0.15, -0.1) is 0 Å². The number of nitrogens with zero attached hydrogens (tertiary/aromatic N) is 1. The van der Waals surface area contributed by atoms with Gasteiger partial charge in [0.1, 0.15) is 5.75 Å². The van der Waals surface area contributed by atoms with E-state index < -0.39 is 7.12 Å². The molecule has 1 rings (SSSR count). The highest BCUT2D eigenvalue weighted by molar-refractivity contribution is 6.59. The molecule has 74 valence electrons. The largest absolute Gasteiger partial charge is 0.497 e. The number of benzene rings is 1. The van der Waals surface area contributed by atoms with E-state index in [0.717, 1.165) is 0 Å². The molecule has 4 N–H and O–H groups in total. The highest BCUT2D eigenvalue weighted by Gasteiger charge is 2.16. The standard InChI is InChI=1S/C8H11BN2O3/c1-14-8-3-2-6(5-11-10)4-7(8)9(12)13/h2-5,12-13H,10H2,1H3. The quantitative estimate of drug-likeness (QED) is 0.240. The third kappa shape index (κ3) is 2.24. The maximum absolute atomic E-state index is 9.03. The van der Waals surface area contributed by atoms with Crippen LogP contribution < -0.4 is 16.0 Å². The van der Waals surface area contributed by atoms with Crippen LogP contribution in [0.15, 0.2) is 23.3 Å². The summed E-state index contributed by atoms with van der Waals surface area (Å²) in [4.78, 5) is 0. The van der Waals surface area contributed by atoms with E-state index in [2.05, 4.69) is 5.10 Å². The van der Waals surface area contributed by atoms with Gasteiger partial charge in [0.2, 0.25) is 0 Å². The lowest BCUT2D eigenvalue weighted by Gasteiger charge is -2.07. The van der Waals surface area contributed by atoms with Gasteiger partial charge in [0, 0.05) is 5.46 Å². The fraction of sp³-hybridized carbons (Fsp3) is 0.125. The second-order valence-corrected chi connectivity index (χ2v) is 2.65. The highest BCUT2D eigenvalue weighted by atomic mass is 16.5. The number of hydrogen-bond acceptors (Lipinski definition) is 5. The van der Waals surface area contributed by atoms with Crippen LogP contribution in [0.25, 0.3) is 0 Å². The van der Waals surface area contributed by atoms with Crippen molar-refractivity contribution in [2.45, 2.75) is 0 Å². The van der Waals surface area contributed by atoms with Gasteiger partial charge in [-0.2, -0.15) is 5.10 Å². The molecule has 0 aliphatic rings. The summed E-state index contributed by atoms with van der Waals surface area (Å²) in [7, 11) is -0.117. The Morgan fingerprint density at radius 1 is 1.50 bits per heavy atom. The van der Waals surface area contributed by atoms with Crippen LogP contribution in [0, 0.1) is 0 Å². The lowest BCUT2D eigenvalue weighted by Crippen LogP contribution is -2.31. The van der Waals surface area contributed by atoms with Gasteiger partial charge in [0.15, 0.2) is 0 Å². The predicted molar refractivity (Wildman–Crippen MR) is 54.6 cm³/mol. The first-order chi connectivity index (χ1) is 6.69. The van der Waals surface area contributed by atoms with Gasteiger partial charge in [0.25, 0.3) is 0 Å². The lowest BCUT2D eigenvalue weighted by molar-refractivity contribution is 0.403. The van der Waals surface area contributed by atoms with Gasteiger partial charge >= 0.3 is 7.12 Å². The number of ether oxygens (including phenoxy) is 1. The van der Waals surface area contributed by atoms with Gasteiger partial charge in [-0.25, -0.2) is 0 Å². The SMILES string of the molecule is COc1ccc(C=NN)cc1B(O)O. The molecule has 0 atom stereocenters. The molecular formula is C8H11BN2O3. The molecule has 0 fully saturated rings. The van der Waals surface area contributed by atoms with Crippen molar-refractivity contribution < 1.29 is 14.8 Å². The average Bonchev–Trinajstić information content (AvgIpc) is 2.18. The number of methoxy groups -OCH3 is 1. The minimum Gasteiger partial charge on any atom is -0.497 e. The molecule has 1 aromatic rings. The Kier molecular flexibility index (Phi) is 3.50. The van der Waals surface area contributed by atoms with Crippen molar-refractivity contribution in [2.75, 3.05) is 7.11 Å². The summed E-state index contributed by atoms with van der Waals surface area (Å²) in [5.74, 6) is 5.38. The molecule has 0 saturated heterocycles. The Morgan fingerprint density at radius 2 is 2.21 bits per heavy atom. The van der Waals surface area contributed by atoms with Crippen LogP contribution >= 0.6 is 0 Å². The minimum atomic E-state index is -1.57. The predicted octanol–water partition coefficient (Wildman–Crippen LogP) is -1.33. The lowest BCUT2D eigenvalue weighted by atomic mass is 9.79. The molecular weight excluding hydrogens is 183 g/mol. The maximum Gasteiger partial charge on any atom is 0.492 e. The van der Waals surface area contributed by atoms with Gasteiger partial charge in [-0.05, 0) is 23.8 Å². The van der Waals surface area contributed by atoms with E-state index in [1.807, 2.05) is 0 Å². The van der Waals surface area contributed by atoms with Crippen molar-refractivity contribution in [3.8, 4) is 5.75 Å². The summed E-state index contributed by atoms with van der Waals surface area (Å²) in [5, 5.41) is 21.4. The molecule has 6 heteroatoms. The summed E-state index contributed by atoms with van der Waals surface area (Å²) in [6.07, 6.45) is 1.41. The second-order valence-electron chi connectivity index (χ2n) is 2.65. The van der Waals surface area contributed by atoms with Crippen LogP contribution in [0.5, 0.6) is 5.75 Å². The summed E-state index contributed by atoms with van der Waals surface area (Å²) in [6, 6.07) is 4.87. The number of nitrogens with two attached hydrogens (primary N) is 1. The van der Waals surface area contributed by atoms with Crippen LogP contribution in [-0.2, 0) is 0 Å². The first-order valence-corrected chi connectivity index (χ1v) is 3.96. The van der Waals surface area contributed by atoms with Gasteiger partial charge in [-0.1, -0.05) is 0 Å². The molecule has 5 nitrogen and oxygen atoms in total. The van der Waals surface area contributed by atoms with Crippen molar-refractivity contribution in [1.82, 2.24) is 0 Å². The Morgan fingerprint density at radius 3 is 2.71 bits per heavy atom. The first kappa shape index (κ1) is 10.6. The first-order valence-electron chi connectivity index (χ1n) is 3.96. The zero-order chi connectivity index (χ0) is 10.6. The van der Waals surface area contributed by atoms with Crippen molar-refractivity contribution in [3.63, 3.8) is 0 Å². The summed E-state index contributed by atoms with van der Waals surface area (Å²) >= 11 is 0. The molecule has 0 spiro atoms. The Balaban J connectivity index is 3.13. The monoisotopic (exact) mass is 194 g/mol. The zero-order valence-corrected chi connectivity index (χ0v) is 7.71. The van der Waals surface area contributed by atoms with Gasteiger partial charge in [0.05, 0.1) is 13.3 Å². The van der Waals surface area contributed by atoms with E-state index in [1.165, 1.54) is 13.3 Å². The fourth-order valence-corrected chi connectivity index (χ4v) is 1.12. The number of rotatable bonds is 3. The van der Waals surface area contributed by atoms with E-state index in [4.69, 9.17) is 20.6 Å². The molecule has 0 unspecified atom stereocenters. The van der Waals surface area contributed by atoms with Crippen LogP contribution in [0.4, 0.5) is 0 Å². The summed E-state index contributed by atoms with van der Waals surface area (Å²) < 4.78 is 4.94. The Labute approximate surface area is 82.0 Å². The van der Waals surface area contributed by atoms with Crippen molar-refractivity contribution in [3.05, 3.63) is 23.8 Å². The Hall–Kier alpha value is -1.53. The van der Waals surface area contributed by atoms with Crippen molar-refractivity contribution in [1.29, 1.82) is 0 Å². The molecule has 0 bridgehead atoms. The van der Waals surface area contributed by atoms with Crippen LogP contribution in [0.1, 0.15) is 5.56 Å². The van der Waals surface area contributed by atoms with Crippen LogP contribution in [0.3, 0.4) is 0 Å². The number of hydrazone groups is 1. The molecule has 1 aromatic carbocycles. The highest BCUT2D eigenvalue weighted by Crippen LogP contribution is 2.08. The zero-order valence-electron chi connectivity index (χ0n) is 7.71. The molecule has 0 aliphatic carbocycles. The van der Waals surface area contributed by atoms with Gasteiger partial charge < -0.3 is 20.6 Å². The average molecular weight is 194 g/mol. The third-order valence-electron chi connectivity index (χ3n) is 1.76. The Bertz CT molecular complexity index is 341. The third-order valence-corrected chi connectivity index (χ3v) is 1.76. The molecule has 0 radical (unpaired) electrons. The second kappa shape index (κ2) is 4.64. The van der Waals surface area contributed by atoms with Gasteiger partial charge in [-0.3, -0.25) is 0 Å². The molecule has 0 aliphatic heterocycles. The molecule has 0 saturated carbocycles. The van der Waals surface area contributed by atoms with Crippen molar-refractivity contribution in [2.24, 2.45) is 10.9 Å². The van der Waals surface area contributed by atoms with Crippen LogP contribution in [0.2, 0.25) is 0 Å². The fourth-order valence-electron chi connectivity index (χ4n) is 1.12. The van der Waals surface area contributed by atoms with E-state index in [-0.39, 0.29) is 5.46 Å². The molecule has 14 heavy (non-hydrogen) atoms. The van der Waals surface area contributed by atoms with Crippen molar-refractivity contribution >= 4 is 18.8 Å². The molecule has 0 aromatic heterocycles. The van der Waals surface area contributed by atoms with E-state index in [0.29, 0.717) is 11.3 Å². The molecule has 0 amide bonds.